The van der Waals surface area contributed by atoms with Crippen LogP contribution in [0.15, 0.2) is 47.6 Å². The number of fused-ring (bicyclic) bond motifs is 2. The second-order valence-electron chi connectivity index (χ2n) is 13.9. The van der Waals surface area contributed by atoms with Gasteiger partial charge in [-0.25, -0.2) is 0 Å². The number of aryl methyl sites for hydroxylation is 2. The van der Waals surface area contributed by atoms with E-state index in [4.69, 9.17) is 28.4 Å². The summed E-state index contributed by atoms with van der Waals surface area (Å²) in [6.07, 6.45) is 18.8. The maximum absolute atomic E-state index is 13.2. The summed E-state index contributed by atoms with van der Waals surface area (Å²) in [5.41, 5.74) is 6.39. The lowest BCUT2D eigenvalue weighted by Gasteiger charge is -2.39. The van der Waals surface area contributed by atoms with Gasteiger partial charge in [0.05, 0.1) is 42.7 Å². The summed E-state index contributed by atoms with van der Waals surface area (Å²) in [7, 11) is 9.73. The zero-order chi connectivity index (χ0) is 36.8. The zero-order valence-corrected chi connectivity index (χ0v) is 31.4. The van der Waals surface area contributed by atoms with Crippen molar-refractivity contribution in [3.05, 3.63) is 69.8 Å². The maximum atomic E-state index is 13.2. The van der Waals surface area contributed by atoms with E-state index >= 15 is 0 Å². The lowest BCUT2D eigenvalue weighted by molar-refractivity contribution is -0.129. The van der Waals surface area contributed by atoms with Crippen LogP contribution >= 0.6 is 0 Å². The summed E-state index contributed by atoms with van der Waals surface area (Å²) in [5, 5.41) is 0. The number of nitrogens with zero attached hydrogens (tertiary/aromatic N) is 2. The molecule has 2 aromatic carbocycles. The molecule has 6 rings (SSSR count). The molecule has 2 aromatic rings. The van der Waals surface area contributed by atoms with Gasteiger partial charge in [0, 0.05) is 49.5 Å². The Morgan fingerprint density at radius 3 is 1.23 bits per heavy atom. The fraction of sp³-hybridized carbons (Fsp3) is 0.476. The molecule has 2 aliphatic heterocycles. The van der Waals surface area contributed by atoms with Crippen LogP contribution in [-0.2, 0) is 22.4 Å². The number of allylic oxidation sites excluding steroid dienone is 4. The highest BCUT2D eigenvalue weighted by atomic mass is 16.5. The van der Waals surface area contributed by atoms with Crippen LogP contribution in [0, 0.1) is 11.8 Å². The summed E-state index contributed by atoms with van der Waals surface area (Å²) in [4.78, 5) is 30.3. The molecule has 0 spiro atoms. The summed E-state index contributed by atoms with van der Waals surface area (Å²) in [5.74, 6) is 5.03. The maximum Gasteiger partial charge on any atom is 0.246 e. The average Bonchev–Trinajstić information content (AvgIpc) is 3.20. The van der Waals surface area contributed by atoms with Gasteiger partial charge in [-0.05, 0) is 110 Å². The Bertz CT molecular complexity index is 1650. The first-order valence-electron chi connectivity index (χ1n) is 18.3. The molecule has 278 valence electrons. The minimum Gasteiger partial charge on any atom is -0.493 e. The van der Waals surface area contributed by atoms with Crippen LogP contribution in [0.5, 0.6) is 34.5 Å². The molecule has 0 saturated carbocycles. The highest BCUT2D eigenvalue weighted by Gasteiger charge is 2.32. The normalized spacial score (nSPS) is 18.0. The molecule has 2 saturated heterocycles. The molecule has 2 aliphatic carbocycles. The molecule has 2 heterocycles. The predicted molar refractivity (Wildman–Crippen MR) is 202 cm³/mol. The number of methoxy groups -OCH3 is 6. The van der Waals surface area contributed by atoms with Gasteiger partial charge in [-0.15, -0.1) is 0 Å². The number of benzene rings is 2. The molecule has 0 atom stereocenters. The van der Waals surface area contributed by atoms with Crippen molar-refractivity contribution in [2.24, 2.45) is 11.8 Å². The molecule has 0 unspecified atom stereocenters. The van der Waals surface area contributed by atoms with E-state index in [0.717, 1.165) is 111 Å². The fourth-order valence-corrected chi connectivity index (χ4v) is 8.27. The van der Waals surface area contributed by atoms with Gasteiger partial charge in [0.15, 0.2) is 23.0 Å². The first-order valence-corrected chi connectivity index (χ1v) is 18.3. The Labute approximate surface area is 307 Å². The first kappa shape index (κ1) is 36.9. The number of carbonyl (C=O) groups excluding carboxylic acids is 2. The highest BCUT2D eigenvalue weighted by molar-refractivity contribution is 5.89. The van der Waals surface area contributed by atoms with Crippen molar-refractivity contribution in [1.82, 2.24) is 9.80 Å². The minimum absolute atomic E-state index is 0.0607. The van der Waals surface area contributed by atoms with Gasteiger partial charge in [-0.3, -0.25) is 9.59 Å². The predicted octanol–water partition coefficient (Wildman–Crippen LogP) is 6.69. The molecule has 0 radical (unpaired) electrons. The standard InChI is InChI=1S/C42H52N2O8/c1-47-35-25-31-11-7-27(23-33(31)39(49-3)41(35)51-5)9-13-37(45)43-19-15-29(16-20-43)30-17-21-44(22-18-30)38(46)14-10-28-8-12-32-26-36(48-2)42(52-6)40(50-4)34(32)24-28/h9-10,13-14,23-26,29-30H,7-8,11-12,15-22H2,1-6H3. The topological polar surface area (TPSA) is 96.0 Å². The van der Waals surface area contributed by atoms with Gasteiger partial charge < -0.3 is 38.2 Å². The summed E-state index contributed by atoms with van der Waals surface area (Å²) >= 11 is 0. The number of hydrogen-bond donors (Lipinski definition) is 0. The van der Waals surface area contributed by atoms with Crippen molar-refractivity contribution in [1.29, 1.82) is 0 Å². The van der Waals surface area contributed by atoms with Crippen molar-refractivity contribution in [2.45, 2.75) is 51.4 Å². The van der Waals surface area contributed by atoms with Gasteiger partial charge in [0.1, 0.15) is 0 Å². The fourth-order valence-electron chi connectivity index (χ4n) is 8.27. The van der Waals surface area contributed by atoms with E-state index in [1.54, 1.807) is 54.8 Å². The number of amides is 2. The lowest BCUT2D eigenvalue weighted by atomic mass is 9.78. The molecule has 2 amide bonds. The van der Waals surface area contributed by atoms with Gasteiger partial charge in [-0.1, -0.05) is 12.2 Å². The van der Waals surface area contributed by atoms with E-state index < -0.39 is 0 Å². The second kappa shape index (κ2) is 16.7. The van der Waals surface area contributed by atoms with Crippen molar-refractivity contribution in [3.63, 3.8) is 0 Å². The molecular formula is C42H52N2O8. The Balaban J connectivity index is 0.984. The summed E-state index contributed by atoms with van der Waals surface area (Å²) in [6, 6.07) is 4.01. The van der Waals surface area contributed by atoms with Gasteiger partial charge in [-0.2, -0.15) is 0 Å². The van der Waals surface area contributed by atoms with E-state index in [9.17, 15) is 9.59 Å². The van der Waals surface area contributed by atoms with E-state index in [1.165, 1.54) is 0 Å². The number of likely N-dealkylation sites (tertiary alicyclic amines) is 2. The van der Waals surface area contributed by atoms with Gasteiger partial charge in [0.2, 0.25) is 23.3 Å². The lowest BCUT2D eigenvalue weighted by Crippen LogP contribution is -2.43. The van der Waals surface area contributed by atoms with Crippen molar-refractivity contribution < 1.29 is 38.0 Å². The van der Waals surface area contributed by atoms with Crippen LogP contribution in [0.2, 0.25) is 0 Å². The number of carbonyl (C=O) groups is 2. The molecule has 52 heavy (non-hydrogen) atoms. The third-order valence-electron chi connectivity index (χ3n) is 11.2. The molecule has 2 fully saturated rings. The first-order chi connectivity index (χ1) is 25.3. The average molecular weight is 713 g/mol. The molecular weight excluding hydrogens is 660 g/mol. The van der Waals surface area contributed by atoms with E-state index in [1.807, 2.05) is 34.1 Å². The third-order valence-corrected chi connectivity index (χ3v) is 11.2. The second-order valence-corrected chi connectivity index (χ2v) is 13.9. The van der Waals surface area contributed by atoms with Crippen LogP contribution < -0.4 is 28.4 Å². The number of rotatable bonds is 11. The summed E-state index contributed by atoms with van der Waals surface area (Å²) < 4.78 is 33.6. The third kappa shape index (κ3) is 7.66. The molecule has 10 nitrogen and oxygen atoms in total. The van der Waals surface area contributed by atoms with Crippen molar-refractivity contribution in [3.8, 4) is 34.5 Å². The smallest absolute Gasteiger partial charge is 0.246 e. The SMILES string of the molecule is COc1cc2c(c(OC)c1OC)C=C(C=CC(=O)N1CCC(C3CCN(C(=O)C=CC4=Cc5c(cc(OC)c(OC)c5OC)CC4)CC3)CC1)CC2. The van der Waals surface area contributed by atoms with Gasteiger partial charge in [0.25, 0.3) is 0 Å². The Morgan fingerprint density at radius 1 is 0.538 bits per heavy atom. The molecule has 0 N–H and O–H groups in total. The largest absolute Gasteiger partial charge is 0.493 e. The van der Waals surface area contributed by atoms with E-state index in [0.29, 0.717) is 46.3 Å². The quantitative estimate of drug-likeness (QED) is 0.238. The van der Waals surface area contributed by atoms with Crippen LogP contribution in [-0.4, -0.2) is 90.5 Å². The van der Waals surface area contributed by atoms with Crippen LogP contribution in [0.1, 0.15) is 60.8 Å². The number of hydrogen-bond acceptors (Lipinski definition) is 8. The Kier molecular flexibility index (Phi) is 11.8. The zero-order valence-electron chi connectivity index (χ0n) is 31.4. The Hall–Kier alpha value is -4.86. The highest BCUT2D eigenvalue weighted by Crippen LogP contribution is 2.46. The Morgan fingerprint density at radius 2 is 0.904 bits per heavy atom. The number of piperidine rings is 2. The minimum atomic E-state index is 0.0607. The summed E-state index contributed by atoms with van der Waals surface area (Å²) in [6.45, 7) is 3.07. The monoisotopic (exact) mass is 712 g/mol. The molecule has 0 bridgehead atoms. The molecule has 4 aliphatic rings. The van der Waals surface area contributed by atoms with E-state index in [-0.39, 0.29) is 11.8 Å². The molecule has 10 heteroatoms. The van der Waals surface area contributed by atoms with Crippen LogP contribution in [0.4, 0.5) is 0 Å². The van der Waals surface area contributed by atoms with Gasteiger partial charge >= 0.3 is 0 Å². The van der Waals surface area contributed by atoms with Crippen LogP contribution in [0.3, 0.4) is 0 Å². The molecule has 0 aromatic heterocycles. The van der Waals surface area contributed by atoms with Crippen molar-refractivity contribution in [2.75, 3.05) is 68.8 Å². The number of ether oxygens (including phenoxy) is 6. The van der Waals surface area contributed by atoms with Crippen molar-refractivity contribution >= 4 is 24.0 Å². The van der Waals surface area contributed by atoms with Crippen LogP contribution in [0.25, 0.3) is 12.2 Å². The van der Waals surface area contributed by atoms with E-state index in [2.05, 4.69) is 12.2 Å².